The van der Waals surface area contributed by atoms with Crippen molar-refractivity contribution in [3.8, 4) is 0 Å². The van der Waals surface area contributed by atoms with Crippen LogP contribution >= 0.6 is 0 Å². The van der Waals surface area contributed by atoms with E-state index < -0.39 is 0 Å². The van der Waals surface area contributed by atoms with Crippen LogP contribution in [0.1, 0.15) is 40.5 Å². The first-order chi connectivity index (χ1) is 6.93. The summed E-state index contributed by atoms with van der Waals surface area (Å²) in [7, 11) is 0. The molecule has 86 valence electrons. The lowest BCUT2D eigenvalue weighted by atomic mass is 10.0. The fourth-order valence-electron chi connectivity index (χ4n) is 1.01. The number of esters is 1. The van der Waals surface area contributed by atoms with Gasteiger partial charge in [-0.05, 0) is 19.4 Å². The molecule has 0 aliphatic heterocycles. The molecule has 0 aromatic heterocycles. The Bertz CT molecular complexity index is 252. The number of ketones is 1. The minimum Gasteiger partial charge on any atom is -0.462 e. The van der Waals surface area contributed by atoms with Gasteiger partial charge in [-0.3, -0.25) is 9.59 Å². The van der Waals surface area contributed by atoms with Crippen LogP contribution in [0.4, 0.5) is 0 Å². The first kappa shape index (κ1) is 13.9. The third kappa shape index (κ3) is 7.91. The zero-order valence-corrected chi connectivity index (χ0v) is 10.0. The van der Waals surface area contributed by atoms with Crippen molar-refractivity contribution < 1.29 is 14.3 Å². The molecule has 0 atom stereocenters. The Balaban J connectivity index is 3.77. The van der Waals surface area contributed by atoms with E-state index in [4.69, 9.17) is 4.74 Å². The molecule has 0 N–H and O–H groups in total. The van der Waals surface area contributed by atoms with Crippen molar-refractivity contribution in [1.29, 1.82) is 0 Å². The Morgan fingerprint density at radius 2 is 1.80 bits per heavy atom. The Hall–Kier alpha value is -1.12. The van der Waals surface area contributed by atoms with Crippen LogP contribution in [0.25, 0.3) is 0 Å². The second-order valence-electron chi connectivity index (χ2n) is 3.97. The van der Waals surface area contributed by atoms with Gasteiger partial charge in [0.2, 0.25) is 0 Å². The van der Waals surface area contributed by atoms with Crippen molar-refractivity contribution in [3.63, 3.8) is 0 Å². The maximum absolute atomic E-state index is 11.3. The van der Waals surface area contributed by atoms with E-state index in [1.807, 2.05) is 26.8 Å². The second-order valence-corrected chi connectivity index (χ2v) is 3.97. The number of hydrogen-bond donors (Lipinski definition) is 0. The Morgan fingerprint density at radius 1 is 1.20 bits per heavy atom. The van der Waals surface area contributed by atoms with Gasteiger partial charge in [-0.2, -0.15) is 0 Å². The zero-order chi connectivity index (χ0) is 11.8. The SMILES string of the molecule is CC(=O)OCC=C(C)CCC(=O)C(C)C. The Labute approximate surface area is 91.5 Å². The highest BCUT2D eigenvalue weighted by atomic mass is 16.5. The highest BCUT2D eigenvalue weighted by Crippen LogP contribution is 2.08. The lowest BCUT2D eigenvalue weighted by Gasteiger charge is -2.04. The predicted molar refractivity (Wildman–Crippen MR) is 59.5 cm³/mol. The Morgan fingerprint density at radius 3 is 2.27 bits per heavy atom. The number of carbonyl (C=O) groups is 2. The van der Waals surface area contributed by atoms with Gasteiger partial charge in [0.1, 0.15) is 12.4 Å². The number of hydrogen-bond acceptors (Lipinski definition) is 3. The minimum atomic E-state index is -0.280. The lowest BCUT2D eigenvalue weighted by Crippen LogP contribution is -2.06. The van der Waals surface area contributed by atoms with Crippen LogP contribution in [0, 0.1) is 5.92 Å². The van der Waals surface area contributed by atoms with Gasteiger partial charge in [0.05, 0.1) is 0 Å². The normalized spacial score (nSPS) is 11.7. The van der Waals surface area contributed by atoms with E-state index in [0.29, 0.717) is 13.0 Å². The molecule has 0 saturated heterocycles. The van der Waals surface area contributed by atoms with E-state index in [2.05, 4.69) is 0 Å². The quantitative estimate of drug-likeness (QED) is 0.502. The molecule has 0 unspecified atom stereocenters. The standard InChI is InChI=1S/C12H20O3/c1-9(2)12(14)6-5-10(3)7-8-15-11(4)13/h7,9H,5-6,8H2,1-4H3. The molecule has 0 aromatic carbocycles. The Kier molecular flexibility index (Phi) is 6.67. The number of rotatable bonds is 6. The summed E-state index contributed by atoms with van der Waals surface area (Å²) in [5.41, 5.74) is 1.09. The third-order valence-electron chi connectivity index (χ3n) is 2.13. The van der Waals surface area contributed by atoms with E-state index in [0.717, 1.165) is 12.0 Å². The van der Waals surface area contributed by atoms with Gasteiger partial charge in [-0.25, -0.2) is 0 Å². The van der Waals surface area contributed by atoms with Crippen LogP contribution in [-0.4, -0.2) is 18.4 Å². The van der Waals surface area contributed by atoms with Crippen LogP contribution in [0.2, 0.25) is 0 Å². The fraction of sp³-hybridized carbons (Fsp3) is 0.667. The van der Waals surface area contributed by atoms with Gasteiger partial charge in [-0.15, -0.1) is 0 Å². The van der Waals surface area contributed by atoms with Crippen LogP contribution in [0.5, 0.6) is 0 Å². The van der Waals surface area contributed by atoms with Crippen molar-refractivity contribution in [3.05, 3.63) is 11.6 Å². The molecule has 0 amide bonds. The van der Waals surface area contributed by atoms with Crippen LogP contribution in [0.15, 0.2) is 11.6 Å². The maximum atomic E-state index is 11.3. The van der Waals surface area contributed by atoms with Gasteiger partial charge in [0, 0.05) is 19.3 Å². The molecule has 0 heterocycles. The van der Waals surface area contributed by atoms with Crippen molar-refractivity contribution in [1.82, 2.24) is 0 Å². The molecule has 15 heavy (non-hydrogen) atoms. The highest BCUT2D eigenvalue weighted by Gasteiger charge is 2.06. The molecule has 3 heteroatoms. The monoisotopic (exact) mass is 212 g/mol. The second kappa shape index (κ2) is 7.21. The molecule has 0 rings (SSSR count). The third-order valence-corrected chi connectivity index (χ3v) is 2.13. The van der Waals surface area contributed by atoms with Gasteiger partial charge in [0.15, 0.2) is 0 Å². The van der Waals surface area contributed by atoms with Crippen molar-refractivity contribution in [2.45, 2.75) is 40.5 Å². The molecule has 0 radical (unpaired) electrons. The maximum Gasteiger partial charge on any atom is 0.302 e. The van der Waals surface area contributed by atoms with Crippen molar-refractivity contribution >= 4 is 11.8 Å². The van der Waals surface area contributed by atoms with E-state index in [1.165, 1.54) is 6.92 Å². The van der Waals surface area contributed by atoms with Gasteiger partial charge in [-0.1, -0.05) is 19.4 Å². The lowest BCUT2D eigenvalue weighted by molar-refractivity contribution is -0.139. The molecule has 0 aliphatic rings. The van der Waals surface area contributed by atoms with Crippen molar-refractivity contribution in [2.24, 2.45) is 5.92 Å². The topological polar surface area (TPSA) is 43.4 Å². The van der Waals surface area contributed by atoms with Crippen LogP contribution in [-0.2, 0) is 14.3 Å². The summed E-state index contributed by atoms with van der Waals surface area (Å²) in [4.78, 5) is 21.8. The minimum absolute atomic E-state index is 0.103. The molecular weight excluding hydrogens is 192 g/mol. The average Bonchev–Trinajstić information content (AvgIpc) is 2.13. The summed E-state index contributed by atoms with van der Waals surface area (Å²) < 4.78 is 4.77. The number of Topliss-reactive ketones (excluding diaryl/α,β-unsaturated/α-hetero) is 1. The summed E-state index contributed by atoms with van der Waals surface area (Å²) in [6.07, 6.45) is 3.16. The molecule has 0 aliphatic carbocycles. The number of carbonyl (C=O) groups excluding carboxylic acids is 2. The van der Waals surface area contributed by atoms with Gasteiger partial charge < -0.3 is 4.74 Å². The number of allylic oxidation sites excluding steroid dienone is 1. The molecule has 0 spiro atoms. The van der Waals surface area contributed by atoms with E-state index >= 15 is 0 Å². The summed E-state index contributed by atoms with van der Waals surface area (Å²) >= 11 is 0. The number of ether oxygens (including phenoxy) is 1. The largest absolute Gasteiger partial charge is 0.462 e. The summed E-state index contributed by atoms with van der Waals surface area (Å²) in [6.45, 7) is 7.43. The molecule has 0 saturated carbocycles. The van der Waals surface area contributed by atoms with Gasteiger partial charge in [0.25, 0.3) is 0 Å². The summed E-state index contributed by atoms with van der Waals surface area (Å²) in [5, 5.41) is 0. The molecular formula is C12H20O3. The first-order valence-corrected chi connectivity index (χ1v) is 5.25. The predicted octanol–water partition coefficient (Wildman–Crippen LogP) is 2.50. The van der Waals surface area contributed by atoms with Crippen LogP contribution < -0.4 is 0 Å². The smallest absolute Gasteiger partial charge is 0.302 e. The molecule has 0 bridgehead atoms. The zero-order valence-electron chi connectivity index (χ0n) is 10.0. The summed E-state index contributed by atoms with van der Waals surface area (Å²) in [6, 6.07) is 0. The average molecular weight is 212 g/mol. The fourth-order valence-corrected chi connectivity index (χ4v) is 1.01. The highest BCUT2D eigenvalue weighted by molar-refractivity contribution is 5.80. The first-order valence-electron chi connectivity index (χ1n) is 5.25. The molecule has 0 aromatic rings. The van der Waals surface area contributed by atoms with Crippen LogP contribution in [0.3, 0.4) is 0 Å². The van der Waals surface area contributed by atoms with E-state index in [-0.39, 0.29) is 17.7 Å². The van der Waals surface area contributed by atoms with E-state index in [9.17, 15) is 9.59 Å². The van der Waals surface area contributed by atoms with Gasteiger partial charge >= 0.3 is 5.97 Å². The van der Waals surface area contributed by atoms with E-state index in [1.54, 1.807) is 0 Å². The van der Waals surface area contributed by atoms with Crippen molar-refractivity contribution in [2.75, 3.05) is 6.61 Å². The summed E-state index contributed by atoms with van der Waals surface area (Å²) in [5.74, 6) is 0.0961. The molecule has 3 nitrogen and oxygen atoms in total. The molecule has 0 fully saturated rings.